The fraction of sp³-hybridized carbons (Fsp3) is 0.118. The summed E-state index contributed by atoms with van der Waals surface area (Å²) in [6.45, 7) is 0. The predicted molar refractivity (Wildman–Crippen MR) is 101 cm³/mol. The van der Waals surface area contributed by atoms with Crippen molar-refractivity contribution in [3.63, 3.8) is 0 Å². The van der Waals surface area contributed by atoms with Crippen LogP contribution in [0, 0.1) is 0 Å². The van der Waals surface area contributed by atoms with Gasteiger partial charge in [-0.1, -0.05) is 29.8 Å². The van der Waals surface area contributed by atoms with Crippen LogP contribution in [0.1, 0.15) is 0 Å². The number of nitrogens with zero attached hydrogens (tertiary/aromatic N) is 1. The lowest BCUT2D eigenvalue weighted by molar-refractivity contribution is -0.616. The van der Waals surface area contributed by atoms with Gasteiger partial charge in [-0.25, -0.2) is 0 Å². The van der Waals surface area contributed by atoms with Crippen molar-refractivity contribution in [1.29, 1.82) is 0 Å². The third kappa shape index (κ3) is 3.73. The van der Waals surface area contributed by atoms with Crippen LogP contribution in [0.4, 0.5) is 13.2 Å². The van der Waals surface area contributed by atoms with Crippen LogP contribution < -0.4 is 4.57 Å². The van der Waals surface area contributed by atoms with Crippen molar-refractivity contribution in [3.05, 3.63) is 53.6 Å². The number of aromatic nitrogens is 1. The summed E-state index contributed by atoms with van der Waals surface area (Å²) in [6.07, 6.45) is 0. The normalized spacial score (nSPS) is 12.4. The molecule has 0 aliphatic rings. The van der Waals surface area contributed by atoms with E-state index in [1.54, 1.807) is 0 Å². The van der Waals surface area contributed by atoms with Gasteiger partial charge in [0.05, 0.1) is 15.8 Å². The third-order valence-electron chi connectivity index (χ3n) is 3.89. The maximum absolute atomic E-state index is 10.7. The third-order valence-corrected chi connectivity index (χ3v) is 5.91. The summed E-state index contributed by atoms with van der Waals surface area (Å²) in [5.74, 6) is 0. The average molecular weight is 435 g/mol. The van der Waals surface area contributed by atoms with E-state index in [1.807, 2.05) is 23.5 Å². The molecule has 2 heterocycles. The highest BCUT2D eigenvalue weighted by molar-refractivity contribution is 7.86. The summed E-state index contributed by atoms with van der Waals surface area (Å²) >= 11 is 8.14. The molecule has 27 heavy (non-hydrogen) atoms. The van der Waals surface area contributed by atoms with E-state index >= 15 is 0 Å². The van der Waals surface area contributed by atoms with Gasteiger partial charge in [0.1, 0.15) is 11.7 Å². The van der Waals surface area contributed by atoms with Gasteiger partial charge < -0.3 is 0 Å². The Balaban J connectivity index is 0.000000226. The van der Waals surface area contributed by atoms with Gasteiger partial charge in [-0.3, -0.25) is 4.55 Å². The zero-order chi connectivity index (χ0) is 20.0. The molecule has 2 aromatic carbocycles. The number of hydrogen-bond donors (Lipinski definition) is 1. The Morgan fingerprint density at radius 1 is 1.04 bits per heavy atom. The highest BCUT2D eigenvalue weighted by Crippen LogP contribution is 2.34. The van der Waals surface area contributed by atoms with Crippen LogP contribution in [-0.4, -0.2) is 18.5 Å². The standard InChI is InChI=1S/C16H11ClNS.CHF3O3S/c1-18-13-7-4-6-12(17)11(13)9-15-16(18)10-5-2-3-8-14(10)19-15;2-1(3,4)8(5,6)7/h2-9H,1H3;(H,5,6,7)/q+1;. The van der Waals surface area contributed by atoms with E-state index in [-0.39, 0.29) is 0 Å². The molecule has 2 aromatic heterocycles. The van der Waals surface area contributed by atoms with Gasteiger partial charge in [-0.15, -0.1) is 11.3 Å². The summed E-state index contributed by atoms with van der Waals surface area (Å²) in [5.41, 5.74) is -3.08. The van der Waals surface area contributed by atoms with Gasteiger partial charge in [0.15, 0.2) is 0 Å². The minimum atomic E-state index is -5.84. The first kappa shape index (κ1) is 19.8. The zero-order valence-corrected chi connectivity index (χ0v) is 16.0. The van der Waals surface area contributed by atoms with Crippen molar-refractivity contribution in [2.75, 3.05) is 0 Å². The number of alkyl halides is 3. The van der Waals surface area contributed by atoms with E-state index in [9.17, 15) is 13.2 Å². The number of fused-ring (bicyclic) bond motifs is 4. The fourth-order valence-corrected chi connectivity index (χ4v) is 4.11. The number of thiophene rings is 1. The van der Waals surface area contributed by atoms with Crippen LogP contribution in [0.3, 0.4) is 0 Å². The molecule has 0 amide bonds. The average Bonchev–Trinajstić information content (AvgIpc) is 2.93. The Hall–Kier alpha value is -1.94. The SMILES string of the molecule is C[n+]1c2cccc(Cl)c2cc2sc3ccccc3c21.O=S(=O)(O)C(F)(F)F. The van der Waals surface area contributed by atoms with E-state index in [4.69, 9.17) is 24.6 Å². The Labute approximate surface area is 161 Å². The minimum Gasteiger partial charge on any atom is -0.279 e. The van der Waals surface area contributed by atoms with Crippen LogP contribution >= 0.6 is 22.9 Å². The molecule has 0 saturated heterocycles. The van der Waals surface area contributed by atoms with Crippen LogP contribution in [0.15, 0.2) is 48.5 Å². The highest BCUT2D eigenvalue weighted by atomic mass is 35.5. The van der Waals surface area contributed by atoms with Gasteiger partial charge >= 0.3 is 15.6 Å². The second kappa shape index (κ2) is 6.90. The molecule has 0 unspecified atom stereocenters. The van der Waals surface area contributed by atoms with Crippen molar-refractivity contribution < 1.29 is 30.7 Å². The summed E-state index contributed by atoms with van der Waals surface area (Å²) in [7, 11) is -3.73. The summed E-state index contributed by atoms with van der Waals surface area (Å²) in [5, 5.41) is 3.24. The maximum Gasteiger partial charge on any atom is 0.522 e. The lowest BCUT2D eigenvalue weighted by atomic mass is 10.1. The van der Waals surface area contributed by atoms with Crippen molar-refractivity contribution in [3.8, 4) is 0 Å². The largest absolute Gasteiger partial charge is 0.522 e. The molecule has 0 aliphatic carbocycles. The second-order valence-electron chi connectivity index (χ2n) is 5.61. The van der Waals surface area contributed by atoms with E-state index in [0.29, 0.717) is 0 Å². The first-order valence-corrected chi connectivity index (χ1v) is 10.1. The molecule has 0 fully saturated rings. The van der Waals surface area contributed by atoms with Gasteiger partial charge in [0, 0.05) is 10.8 Å². The van der Waals surface area contributed by atoms with Crippen LogP contribution in [0.25, 0.3) is 31.2 Å². The van der Waals surface area contributed by atoms with Crippen LogP contribution in [0.2, 0.25) is 5.02 Å². The number of benzene rings is 2. The smallest absolute Gasteiger partial charge is 0.279 e. The molecule has 0 spiro atoms. The quantitative estimate of drug-likeness (QED) is 0.238. The van der Waals surface area contributed by atoms with Gasteiger partial charge in [0.25, 0.3) is 0 Å². The lowest BCUT2D eigenvalue weighted by Crippen LogP contribution is -2.29. The Morgan fingerprint density at radius 3 is 2.30 bits per heavy atom. The molecule has 10 heteroatoms. The van der Waals surface area contributed by atoms with E-state index in [0.717, 1.165) is 10.4 Å². The monoisotopic (exact) mass is 434 g/mol. The highest BCUT2D eigenvalue weighted by Gasteiger charge is 2.44. The first-order chi connectivity index (χ1) is 12.5. The van der Waals surface area contributed by atoms with Gasteiger partial charge in [-0.2, -0.15) is 26.2 Å². The summed E-state index contributed by atoms with van der Waals surface area (Å²) < 4.78 is 62.4. The molecule has 0 saturated carbocycles. The van der Waals surface area contributed by atoms with Crippen LogP contribution in [0.5, 0.6) is 0 Å². The molecule has 4 rings (SSSR count). The lowest BCUT2D eigenvalue weighted by Gasteiger charge is -2.00. The molecule has 0 aliphatic heterocycles. The van der Waals surface area contributed by atoms with Gasteiger partial charge in [0.2, 0.25) is 11.0 Å². The molecule has 0 bridgehead atoms. The molecule has 4 nitrogen and oxygen atoms in total. The number of halogens is 4. The Bertz CT molecular complexity index is 1270. The minimum absolute atomic E-state index is 0.812. The van der Waals surface area contributed by atoms with E-state index in [1.165, 1.54) is 25.8 Å². The number of aryl methyl sites for hydroxylation is 1. The number of rotatable bonds is 0. The van der Waals surface area contributed by atoms with Crippen LogP contribution in [-0.2, 0) is 17.2 Å². The number of pyridine rings is 1. The molecular weight excluding hydrogens is 423 g/mol. The van der Waals surface area contributed by atoms with Crippen molar-refractivity contribution in [1.82, 2.24) is 0 Å². The van der Waals surface area contributed by atoms with E-state index in [2.05, 4.69) is 48.0 Å². The molecule has 142 valence electrons. The van der Waals surface area contributed by atoms with E-state index < -0.39 is 15.6 Å². The first-order valence-electron chi connectivity index (χ1n) is 7.43. The molecule has 4 aromatic rings. The summed E-state index contributed by atoms with van der Waals surface area (Å²) in [6, 6.07) is 16.8. The Kier molecular flexibility index (Phi) is 5.06. The fourth-order valence-electron chi connectivity index (χ4n) is 2.71. The number of hydrogen-bond acceptors (Lipinski definition) is 3. The van der Waals surface area contributed by atoms with Gasteiger partial charge in [-0.05, 0) is 24.3 Å². The predicted octanol–water partition coefficient (Wildman–Crippen LogP) is 5.08. The van der Waals surface area contributed by atoms with Crippen molar-refractivity contribution in [2.45, 2.75) is 5.51 Å². The molecule has 0 atom stereocenters. The Morgan fingerprint density at radius 2 is 1.67 bits per heavy atom. The molecule has 0 radical (unpaired) electrons. The van der Waals surface area contributed by atoms with Crippen molar-refractivity contribution in [2.24, 2.45) is 7.05 Å². The topological polar surface area (TPSA) is 58.2 Å². The molecular formula is C17H12ClF3NO3S2+. The van der Waals surface area contributed by atoms with Crippen molar-refractivity contribution >= 4 is 64.3 Å². The zero-order valence-electron chi connectivity index (χ0n) is 13.7. The maximum atomic E-state index is 10.7. The molecule has 1 N–H and O–H groups in total. The summed E-state index contributed by atoms with van der Waals surface area (Å²) in [4.78, 5) is 0. The second-order valence-corrected chi connectivity index (χ2v) is 8.51.